The highest BCUT2D eigenvalue weighted by Gasteiger charge is 2.39. The van der Waals surface area contributed by atoms with Gasteiger partial charge in [0.05, 0.1) is 0 Å². The molecule has 5 nitrogen and oxygen atoms in total. The van der Waals surface area contributed by atoms with Crippen LogP contribution in [0.1, 0.15) is 24.3 Å². The number of hydrogen-bond donors (Lipinski definition) is 2. The Morgan fingerprint density at radius 1 is 1.53 bits per heavy atom. The quantitative estimate of drug-likeness (QED) is 0.740. The summed E-state index contributed by atoms with van der Waals surface area (Å²) in [6, 6.07) is 4.12. The second-order valence-electron chi connectivity index (χ2n) is 4.55. The molecule has 5 heteroatoms. The Kier molecular flexibility index (Phi) is 4.28. The van der Waals surface area contributed by atoms with Gasteiger partial charge in [-0.25, -0.2) is 0 Å². The maximum absolute atomic E-state index is 11.6. The van der Waals surface area contributed by atoms with Crippen LogP contribution in [0, 0.1) is 0 Å². The Bertz CT molecular complexity index is 473. The summed E-state index contributed by atoms with van der Waals surface area (Å²) < 4.78 is 0. The monoisotopic (exact) mass is 259 g/mol. The van der Waals surface area contributed by atoms with Crippen LogP contribution in [0.25, 0.3) is 0 Å². The van der Waals surface area contributed by atoms with Gasteiger partial charge in [0, 0.05) is 37.3 Å². The molecule has 1 fully saturated rings. The molecule has 2 atom stereocenters. The van der Waals surface area contributed by atoms with E-state index >= 15 is 0 Å². The lowest BCUT2D eigenvalue weighted by Crippen LogP contribution is -2.31. The Morgan fingerprint density at radius 2 is 2.37 bits per heavy atom. The fourth-order valence-electron chi connectivity index (χ4n) is 1.97. The number of nitrogens with zero attached hydrogens (tertiary/aromatic N) is 1. The SMILES string of the molecule is C=CC(=O)NCCC(=O)N[C@H]1C[C@@H]1c1cccnc1. The van der Waals surface area contributed by atoms with Gasteiger partial charge in [0.15, 0.2) is 0 Å². The summed E-state index contributed by atoms with van der Waals surface area (Å²) in [7, 11) is 0. The lowest BCUT2D eigenvalue weighted by Gasteiger charge is -2.05. The molecule has 100 valence electrons. The summed E-state index contributed by atoms with van der Waals surface area (Å²) in [5, 5.41) is 5.52. The summed E-state index contributed by atoms with van der Waals surface area (Å²) in [6.07, 6.45) is 6.01. The third kappa shape index (κ3) is 3.91. The number of nitrogens with one attached hydrogen (secondary N) is 2. The van der Waals surface area contributed by atoms with E-state index < -0.39 is 0 Å². The van der Waals surface area contributed by atoms with E-state index in [-0.39, 0.29) is 24.3 Å². The van der Waals surface area contributed by atoms with Crippen molar-refractivity contribution in [2.75, 3.05) is 6.54 Å². The van der Waals surface area contributed by atoms with Crippen LogP contribution < -0.4 is 10.6 Å². The molecular formula is C14H17N3O2. The van der Waals surface area contributed by atoms with Gasteiger partial charge in [-0.05, 0) is 24.1 Å². The minimum Gasteiger partial charge on any atom is -0.353 e. The van der Waals surface area contributed by atoms with Crippen LogP contribution in [-0.2, 0) is 9.59 Å². The van der Waals surface area contributed by atoms with Crippen LogP contribution in [0.4, 0.5) is 0 Å². The van der Waals surface area contributed by atoms with Gasteiger partial charge >= 0.3 is 0 Å². The average molecular weight is 259 g/mol. The van der Waals surface area contributed by atoms with Crippen LogP contribution >= 0.6 is 0 Å². The molecule has 0 aliphatic heterocycles. The molecule has 19 heavy (non-hydrogen) atoms. The highest BCUT2D eigenvalue weighted by Crippen LogP contribution is 2.40. The van der Waals surface area contributed by atoms with Gasteiger partial charge in [0.1, 0.15) is 0 Å². The maximum Gasteiger partial charge on any atom is 0.243 e. The molecule has 0 saturated heterocycles. The highest BCUT2D eigenvalue weighted by atomic mass is 16.2. The van der Waals surface area contributed by atoms with E-state index in [1.165, 1.54) is 6.08 Å². The van der Waals surface area contributed by atoms with Crippen molar-refractivity contribution in [2.24, 2.45) is 0 Å². The minimum atomic E-state index is -0.257. The first-order valence-corrected chi connectivity index (χ1v) is 6.30. The van der Waals surface area contributed by atoms with E-state index in [9.17, 15) is 9.59 Å². The lowest BCUT2D eigenvalue weighted by atomic mass is 10.2. The smallest absolute Gasteiger partial charge is 0.243 e. The number of pyridine rings is 1. The Labute approximate surface area is 112 Å². The molecule has 0 radical (unpaired) electrons. The van der Waals surface area contributed by atoms with Crippen LogP contribution in [0.2, 0.25) is 0 Å². The average Bonchev–Trinajstić information content (AvgIpc) is 3.18. The summed E-state index contributed by atoms with van der Waals surface area (Å²) in [4.78, 5) is 26.6. The first-order valence-electron chi connectivity index (χ1n) is 6.30. The number of aromatic nitrogens is 1. The predicted molar refractivity (Wildman–Crippen MR) is 71.3 cm³/mol. The molecule has 2 amide bonds. The maximum atomic E-state index is 11.6. The summed E-state index contributed by atoms with van der Waals surface area (Å²) in [5.41, 5.74) is 1.16. The van der Waals surface area contributed by atoms with Crippen molar-refractivity contribution in [3.8, 4) is 0 Å². The van der Waals surface area contributed by atoms with Crippen LogP contribution in [-0.4, -0.2) is 29.4 Å². The third-order valence-corrected chi connectivity index (χ3v) is 3.09. The Hall–Kier alpha value is -2.17. The molecule has 0 unspecified atom stereocenters. The van der Waals surface area contributed by atoms with E-state index in [0.717, 1.165) is 12.0 Å². The number of amides is 2. The largest absolute Gasteiger partial charge is 0.353 e. The van der Waals surface area contributed by atoms with Gasteiger partial charge in [0.2, 0.25) is 11.8 Å². The lowest BCUT2D eigenvalue weighted by molar-refractivity contribution is -0.121. The highest BCUT2D eigenvalue weighted by molar-refractivity contribution is 5.87. The molecule has 1 aliphatic rings. The molecule has 1 saturated carbocycles. The van der Waals surface area contributed by atoms with Gasteiger partial charge in [0.25, 0.3) is 0 Å². The molecule has 0 aromatic carbocycles. The molecule has 0 spiro atoms. The fraction of sp³-hybridized carbons (Fsp3) is 0.357. The first kappa shape index (κ1) is 13.3. The van der Waals surface area contributed by atoms with Crippen molar-refractivity contribution in [2.45, 2.75) is 24.8 Å². The minimum absolute atomic E-state index is 0.0410. The summed E-state index contributed by atoms with van der Waals surface area (Å²) in [5.74, 6) is 0.0774. The van der Waals surface area contributed by atoms with Crippen LogP contribution in [0.3, 0.4) is 0 Å². The second kappa shape index (κ2) is 6.13. The zero-order chi connectivity index (χ0) is 13.7. The van der Waals surface area contributed by atoms with Crippen molar-refractivity contribution in [3.05, 3.63) is 42.7 Å². The van der Waals surface area contributed by atoms with Crippen molar-refractivity contribution in [3.63, 3.8) is 0 Å². The third-order valence-electron chi connectivity index (χ3n) is 3.09. The zero-order valence-electron chi connectivity index (χ0n) is 10.6. The summed E-state index contributed by atoms with van der Waals surface area (Å²) in [6.45, 7) is 3.68. The number of rotatable bonds is 6. The Morgan fingerprint density at radius 3 is 3.05 bits per heavy atom. The van der Waals surface area contributed by atoms with Gasteiger partial charge in [-0.3, -0.25) is 14.6 Å². The second-order valence-corrected chi connectivity index (χ2v) is 4.55. The van der Waals surface area contributed by atoms with Crippen LogP contribution in [0.5, 0.6) is 0 Å². The number of hydrogen-bond acceptors (Lipinski definition) is 3. The van der Waals surface area contributed by atoms with Crippen molar-refractivity contribution < 1.29 is 9.59 Å². The van der Waals surface area contributed by atoms with Gasteiger partial charge in [-0.1, -0.05) is 12.6 Å². The van der Waals surface area contributed by atoms with Gasteiger partial charge in [-0.15, -0.1) is 0 Å². The van der Waals surface area contributed by atoms with Crippen molar-refractivity contribution in [1.82, 2.24) is 15.6 Å². The molecule has 1 aromatic rings. The fourth-order valence-corrected chi connectivity index (χ4v) is 1.97. The topological polar surface area (TPSA) is 71.1 Å². The molecule has 1 aromatic heterocycles. The molecule has 0 bridgehead atoms. The molecule has 1 heterocycles. The van der Waals surface area contributed by atoms with E-state index in [1.807, 2.05) is 18.3 Å². The van der Waals surface area contributed by atoms with Gasteiger partial charge < -0.3 is 10.6 Å². The Balaban J connectivity index is 1.68. The number of carbonyl (C=O) groups excluding carboxylic acids is 2. The van der Waals surface area contributed by atoms with Crippen molar-refractivity contribution >= 4 is 11.8 Å². The predicted octanol–water partition coefficient (Wildman–Crippen LogP) is 0.746. The van der Waals surface area contributed by atoms with Crippen LogP contribution in [0.15, 0.2) is 37.2 Å². The standard InChI is InChI=1S/C14H17N3O2/c1-2-13(18)16-7-5-14(19)17-12-8-11(12)10-4-3-6-15-9-10/h2-4,6,9,11-12H,1,5,7-8H2,(H,16,18)(H,17,19)/t11-,12+/m1/s1. The molecular weight excluding hydrogens is 242 g/mol. The van der Waals surface area contributed by atoms with E-state index in [1.54, 1.807) is 6.20 Å². The van der Waals surface area contributed by atoms with Crippen molar-refractivity contribution in [1.29, 1.82) is 0 Å². The molecule has 2 N–H and O–H groups in total. The molecule has 2 rings (SSSR count). The van der Waals surface area contributed by atoms with E-state index in [2.05, 4.69) is 22.2 Å². The van der Waals surface area contributed by atoms with E-state index in [0.29, 0.717) is 12.5 Å². The van der Waals surface area contributed by atoms with Gasteiger partial charge in [-0.2, -0.15) is 0 Å². The summed E-state index contributed by atoms with van der Waals surface area (Å²) >= 11 is 0. The zero-order valence-corrected chi connectivity index (χ0v) is 10.6. The normalized spacial score (nSPS) is 20.4. The number of carbonyl (C=O) groups is 2. The van der Waals surface area contributed by atoms with E-state index in [4.69, 9.17) is 0 Å². The first-order chi connectivity index (χ1) is 9.20. The molecule has 1 aliphatic carbocycles.